The predicted molar refractivity (Wildman–Crippen MR) is 178 cm³/mol. The van der Waals surface area contributed by atoms with Crippen molar-refractivity contribution in [2.75, 3.05) is 10.6 Å². The third-order valence-corrected chi connectivity index (χ3v) is 7.58. The monoisotopic (exact) mass is 600 g/mol. The molecule has 3 N–H and O–H groups in total. The van der Waals surface area contributed by atoms with Crippen LogP contribution in [0.1, 0.15) is 57.2 Å². The molecule has 0 aliphatic heterocycles. The van der Waals surface area contributed by atoms with Crippen LogP contribution in [0.15, 0.2) is 102 Å². The van der Waals surface area contributed by atoms with E-state index in [-0.39, 0.29) is 23.2 Å². The lowest BCUT2D eigenvalue weighted by atomic mass is 10.0. The van der Waals surface area contributed by atoms with Crippen LogP contribution in [0.4, 0.5) is 17.2 Å². The largest absolute Gasteiger partial charge is 0.348 e. The zero-order chi connectivity index (χ0) is 31.8. The van der Waals surface area contributed by atoms with Crippen LogP contribution in [0, 0.1) is 6.92 Å². The van der Waals surface area contributed by atoms with E-state index in [9.17, 15) is 14.4 Å². The summed E-state index contributed by atoms with van der Waals surface area (Å²) in [5.41, 5.74) is 6.25. The van der Waals surface area contributed by atoms with Crippen LogP contribution in [-0.2, 0) is 20.0 Å². The van der Waals surface area contributed by atoms with Gasteiger partial charge in [-0.15, -0.1) is 0 Å². The van der Waals surface area contributed by atoms with Crippen molar-refractivity contribution >= 4 is 29.0 Å². The highest BCUT2D eigenvalue weighted by molar-refractivity contribution is 6.06. The molecular formula is C36H36N6O3. The van der Waals surface area contributed by atoms with E-state index in [2.05, 4.69) is 32.8 Å². The van der Waals surface area contributed by atoms with Crippen LogP contribution in [0.5, 0.6) is 0 Å². The molecule has 9 nitrogen and oxygen atoms in total. The van der Waals surface area contributed by atoms with Gasteiger partial charge in [0.25, 0.3) is 17.4 Å². The number of rotatable bonds is 11. The minimum Gasteiger partial charge on any atom is -0.348 e. The Kier molecular flexibility index (Phi) is 9.79. The van der Waals surface area contributed by atoms with Crippen LogP contribution in [0.25, 0.3) is 11.3 Å². The number of nitrogens with one attached hydrogen (secondary N) is 3. The molecule has 2 heterocycles. The minimum absolute atomic E-state index is 0.141. The minimum atomic E-state index is -0.303. The van der Waals surface area contributed by atoms with Crippen molar-refractivity contribution in [3.8, 4) is 11.3 Å². The number of carbonyl (C=O) groups excluding carboxylic acids is 2. The van der Waals surface area contributed by atoms with Gasteiger partial charge >= 0.3 is 0 Å². The Morgan fingerprint density at radius 1 is 0.911 bits per heavy atom. The van der Waals surface area contributed by atoms with Gasteiger partial charge in [-0.3, -0.25) is 19.4 Å². The topological polar surface area (TPSA) is 118 Å². The summed E-state index contributed by atoms with van der Waals surface area (Å²) in [6, 6.07) is 23.9. The van der Waals surface area contributed by atoms with Crippen molar-refractivity contribution < 1.29 is 9.59 Å². The smallest absolute Gasteiger partial charge is 0.293 e. The number of hydrogen-bond acceptors (Lipinski definition) is 6. The molecule has 0 aliphatic rings. The van der Waals surface area contributed by atoms with Gasteiger partial charge in [0.05, 0.1) is 5.69 Å². The van der Waals surface area contributed by atoms with E-state index >= 15 is 0 Å². The third kappa shape index (κ3) is 7.51. The molecule has 0 unspecified atom stereocenters. The van der Waals surface area contributed by atoms with Gasteiger partial charge in [-0.2, -0.15) is 0 Å². The lowest BCUT2D eigenvalue weighted by molar-refractivity contribution is 0.0950. The fourth-order valence-corrected chi connectivity index (χ4v) is 5.01. The first-order chi connectivity index (χ1) is 21.8. The van der Waals surface area contributed by atoms with E-state index in [1.807, 2.05) is 61.5 Å². The number of amides is 2. The first kappa shape index (κ1) is 30.9. The fourth-order valence-electron chi connectivity index (χ4n) is 5.01. The van der Waals surface area contributed by atoms with Crippen LogP contribution in [-0.4, -0.2) is 26.3 Å². The molecule has 0 fully saturated rings. The number of hydrogen-bond donors (Lipinski definition) is 3. The van der Waals surface area contributed by atoms with Crippen LogP contribution in [0.3, 0.4) is 0 Å². The maximum Gasteiger partial charge on any atom is 0.293 e. The van der Waals surface area contributed by atoms with Gasteiger partial charge in [-0.1, -0.05) is 49.7 Å². The molecule has 5 rings (SSSR count). The van der Waals surface area contributed by atoms with Crippen molar-refractivity contribution in [1.29, 1.82) is 0 Å². The van der Waals surface area contributed by atoms with Gasteiger partial charge < -0.3 is 20.5 Å². The molecular weight excluding hydrogens is 564 g/mol. The van der Waals surface area contributed by atoms with Crippen molar-refractivity contribution in [3.05, 3.63) is 136 Å². The first-order valence-corrected chi connectivity index (χ1v) is 14.9. The normalized spacial score (nSPS) is 10.7. The summed E-state index contributed by atoms with van der Waals surface area (Å²) in [5.74, 6) is -0.234. The molecule has 2 aromatic heterocycles. The molecule has 5 aromatic rings. The predicted octanol–water partition coefficient (Wildman–Crippen LogP) is 6.42. The number of anilines is 3. The lowest BCUT2D eigenvalue weighted by Crippen LogP contribution is -2.23. The maximum absolute atomic E-state index is 13.3. The van der Waals surface area contributed by atoms with Crippen molar-refractivity contribution in [2.45, 2.75) is 39.7 Å². The Balaban J connectivity index is 1.33. The van der Waals surface area contributed by atoms with E-state index in [0.717, 1.165) is 41.5 Å². The van der Waals surface area contributed by atoms with E-state index in [4.69, 9.17) is 0 Å². The molecule has 228 valence electrons. The zero-order valence-electron chi connectivity index (χ0n) is 25.6. The number of aromatic nitrogens is 3. The van der Waals surface area contributed by atoms with Crippen molar-refractivity contribution in [1.82, 2.24) is 19.9 Å². The SMILES string of the molecule is CCCCc1ccccc1C(=O)Nc1cccc(-c2cn(C)c(=O)c(Nc3ccc(C(=O)NCc4cccnc4)cc3)n2)c1C. The molecule has 0 spiro atoms. The Hall–Kier alpha value is -5.57. The molecule has 0 aliphatic carbocycles. The van der Waals surface area contributed by atoms with Crippen LogP contribution < -0.4 is 21.5 Å². The average Bonchev–Trinajstić information content (AvgIpc) is 3.06. The zero-order valence-corrected chi connectivity index (χ0v) is 25.6. The molecule has 45 heavy (non-hydrogen) atoms. The first-order valence-electron chi connectivity index (χ1n) is 14.9. The summed E-state index contributed by atoms with van der Waals surface area (Å²) in [7, 11) is 1.67. The molecule has 0 bridgehead atoms. The molecule has 9 heteroatoms. The summed E-state index contributed by atoms with van der Waals surface area (Å²) < 4.78 is 1.47. The van der Waals surface area contributed by atoms with Gasteiger partial charge in [0.15, 0.2) is 5.82 Å². The molecule has 0 atom stereocenters. The quantitative estimate of drug-likeness (QED) is 0.161. The second kappa shape index (κ2) is 14.3. The summed E-state index contributed by atoms with van der Waals surface area (Å²) in [5, 5.41) is 9.06. The molecule has 0 saturated carbocycles. The third-order valence-electron chi connectivity index (χ3n) is 7.58. The second-order valence-electron chi connectivity index (χ2n) is 10.8. The van der Waals surface area contributed by atoms with Crippen molar-refractivity contribution in [3.63, 3.8) is 0 Å². The highest BCUT2D eigenvalue weighted by atomic mass is 16.2. The highest BCUT2D eigenvalue weighted by Crippen LogP contribution is 2.28. The van der Waals surface area contributed by atoms with Crippen molar-refractivity contribution in [2.24, 2.45) is 7.05 Å². The number of unbranched alkanes of at least 4 members (excludes halogenated alkanes) is 1. The summed E-state index contributed by atoms with van der Waals surface area (Å²) >= 11 is 0. The Morgan fingerprint density at radius 3 is 2.47 bits per heavy atom. The van der Waals surface area contributed by atoms with E-state index in [0.29, 0.717) is 34.7 Å². The summed E-state index contributed by atoms with van der Waals surface area (Å²) in [4.78, 5) is 47.7. The van der Waals surface area contributed by atoms with Gasteiger partial charge in [-0.25, -0.2) is 4.98 Å². The van der Waals surface area contributed by atoms with Crippen LogP contribution in [0.2, 0.25) is 0 Å². The van der Waals surface area contributed by atoms with E-state index < -0.39 is 0 Å². The number of aryl methyl sites for hydroxylation is 2. The van der Waals surface area contributed by atoms with Gasteiger partial charge in [0.2, 0.25) is 0 Å². The number of carbonyl (C=O) groups is 2. The average molecular weight is 601 g/mol. The number of pyridine rings is 1. The fraction of sp³-hybridized carbons (Fsp3) is 0.194. The second-order valence-corrected chi connectivity index (χ2v) is 10.8. The van der Waals surface area contributed by atoms with Crippen LogP contribution >= 0.6 is 0 Å². The van der Waals surface area contributed by atoms with Gasteiger partial charge in [-0.05, 0) is 78.9 Å². The molecule has 2 amide bonds. The van der Waals surface area contributed by atoms with Gasteiger partial charge in [0.1, 0.15) is 0 Å². The Morgan fingerprint density at radius 2 is 1.71 bits per heavy atom. The molecule has 0 radical (unpaired) electrons. The maximum atomic E-state index is 13.3. The summed E-state index contributed by atoms with van der Waals surface area (Å²) in [6.07, 6.45) is 7.98. The standard InChI is InChI=1S/C36H36N6O3/c1-4-5-11-26-12-6-7-13-30(26)35(44)41-31-15-8-14-29(24(31)2)32-23-42(3)36(45)33(40-32)39-28-18-16-27(17-19-28)34(43)38-22-25-10-9-20-37-21-25/h6-10,12-21,23H,4-5,11,22H2,1-3H3,(H,38,43)(H,39,40)(H,41,44). The lowest BCUT2D eigenvalue weighted by Gasteiger charge is -2.15. The number of benzene rings is 3. The summed E-state index contributed by atoms with van der Waals surface area (Å²) in [6.45, 7) is 4.43. The number of nitrogens with zero attached hydrogens (tertiary/aromatic N) is 3. The van der Waals surface area contributed by atoms with Gasteiger partial charge in [0, 0.05) is 60.2 Å². The molecule has 3 aromatic carbocycles. The van der Waals surface area contributed by atoms with E-state index in [1.54, 1.807) is 49.9 Å². The van der Waals surface area contributed by atoms with E-state index in [1.165, 1.54) is 4.57 Å². The highest BCUT2D eigenvalue weighted by Gasteiger charge is 2.16. The molecule has 0 saturated heterocycles. The Bertz CT molecular complexity index is 1870. The Labute approximate surface area is 262 Å².